The van der Waals surface area contributed by atoms with E-state index in [9.17, 15) is 10.4 Å². The standard InChI is InChI=1S/C45H43N7O/c1-5-17-40-47-41(42(53)44(2,3)4)39(30-46)51(40)31-32-26-28-33(29-27-32)37-24-15-16-25-38(37)43-48-49-50-52(43)45(34-18-9-6-10-19-34,35-20-11-7-12-21-35)36-22-13-8-14-23-36/h6-16,18-29,42,53H,5,17,31H2,1-4H3. The van der Waals surface area contributed by atoms with Crippen molar-refractivity contribution in [1.82, 2.24) is 29.8 Å². The monoisotopic (exact) mass is 697 g/mol. The summed E-state index contributed by atoms with van der Waals surface area (Å²) in [6.45, 7) is 8.43. The molecule has 5 aromatic carbocycles. The molecule has 0 fully saturated rings. The predicted molar refractivity (Wildman–Crippen MR) is 208 cm³/mol. The number of hydrogen-bond acceptors (Lipinski definition) is 6. The quantitative estimate of drug-likeness (QED) is 0.135. The Bertz CT molecular complexity index is 2240. The number of imidazole rings is 1. The van der Waals surface area contributed by atoms with E-state index in [1.165, 1.54) is 0 Å². The number of hydrogen-bond donors (Lipinski definition) is 1. The number of aliphatic hydroxyl groups is 1. The lowest BCUT2D eigenvalue weighted by atomic mass is 9.77. The third-order valence-corrected chi connectivity index (χ3v) is 9.87. The molecule has 0 spiro atoms. The van der Waals surface area contributed by atoms with E-state index in [-0.39, 0.29) is 0 Å². The van der Waals surface area contributed by atoms with Gasteiger partial charge in [0.2, 0.25) is 0 Å². The molecule has 53 heavy (non-hydrogen) atoms. The van der Waals surface area contributed by atoms with Crippen molar-refractivity contribution in [3.63, 3.8) is 0 Å². The first-order chi connectivity index (χ1) is 25.8. The van der Waals surface area contributed by atoms with Gasteiger partial charge in [-0.3, -0.25) is 0 Å². The van der Waals surface area contributed by atoms with Crippen molar-refractivity contribution in [3.05, 3.63) is 179 Å². The van der Waals surface area contributed by atoms with Gasteiger partial charge in [0.1, 0.15) is 34.9 Å². The number of aromatic nitrogens is 6. The topological polar surface area (TPSA) is 105 Å². The summed E-state index contributed by atoms with van der Waals surface area (Å²) in [6, 6.07) is 50.1. The summed E-state index contributed by atoms with van der Waals surface area (Å²) in [5.41, 5.74) is 6.54. The Labute approximate surface area is 311 Å². The van der Waals surface area contributed by atoms with Crippen molar-refractivity contribution >= 4 is 0 Å². The Hall–Kier alpha value is -6.17. The van der Waals surface area contributed by atoms with Crippen LogP contribution in [0.15, 0.2) is 140 Å². The third-order valence-electron chi connectivity index (χ3n) is 9.87. The molecule has 1 atom stereocenters. The molecular formula is C45H43N7O. The summed E-state index contributed by atoms with van der Waals surface area (Å²) in [5, 5.41) is 35.2. The van der Waals surface area contributed by atoms with Crippen molar-refractivity contribution in [3.8, 4) is 28.6 Å². The van der Waals surface area contributed by atoms with Gasteiger partial charge in [-0.2, -0.15) is 5.26 Å². The molecule has 2 aromatic heterocycles. The zero-order chi connectivity index (χ0) is 37.0. The van der Waals surface area contributed by atoms with Crippen LogP contribution in [0.1, 0.15) is 79.7 Å². The van der Waals surface area contributed by atoms with Crippen LogP contribution in [0.4, 0.5) is 0 Å². The number of aryl methyl sites for hydroxylation is 1. The van der Waals surface area contributed by atoms with Gasteiger partial charge >= 0.3 is 0 Å². The fourth-order valence-corrected chi connectivity index (χ4v) is 7.21. The normalized spacial score (nSPS) is 12.4. The minimum Gasteiger partial charge on any atom is -0.386 e. The third kappa shape index (κ3) is 6.56. The van der Waals surface area contributed by atoms with Crippen molar-refractivity contribution < 1.29 is 5.11 Å². The molecule has 8 nitrogen and oxygen atoms in total. The van der Waals surface area contributed by atoms with E-state index >= 15 is 0 Å². The van der Waals surface area contributed by atoms with E-state index < -0.39 is 17.1 Å². The molecule has 8 heteroatoms. The molecule has 1 N–H and O–H groups in total. The number of nitrogens with zero attached hydrogens (tertiary/aromatic N) is 7. The molecule has 7 rings (SSSR count). The van der Waals surface area contributed by atoms with Gasteiger partial charge in [-0.25, -0.2) is 9.67 Å². The van der Waals surface area contributed by atoms with Gasteiger partial charge in [-0.15, -0.1) is 5.10 Å². The molecule has 1 unspecified atom stereocenters. The van der Waals surface area contributed by atoms with Gasteiger partial charge in [-0.05, 0) is 55.6 Å². The molecule has 0 aliphatic carbocycles. The predicted octanol–water partition coefficient (Wildman–Crippen LogP) is 9.00. The van der Waals surface area contributed by atoms with Crippen LogP contribution in [-0.2, 0) is 18.5 Å². The maximum Gasteiger partial charge on any atom is 0.184 e. The molecule has 0 radical (unpaired) electrons. The van der Waals surface area contributed by atoms with Crippen LogP contribution >= 0.6 is 0 Å². The minimum absolute atomic E-state index is 0.413. The maximum atomic E-state index is 11.1. The van der Waals surface area contributed by atoms with Gasteiger partial charge in [-0.1, -0.05) is 167 Å². The highest BCUT2D eigenvalue weighted by molar-refractivity contribution is 5.81. The van der Waals surface area contributed by atoms with Crippen LogP contribution in [0.3, 0.4) is 0 Å². The maximum absolute atomic E-state index is 11.1. The van der Waals surface area contributed by atoms with E-state index in [2.05, 4.69) is 127 Å². The van der Waals surface area contributed by atoms with Crippen LogP contribution < -0.4 is 0 Å². The lowest BCUT2D eigenvalue weighted by Gasteiger charge is -2.36. The van der Waals surface area contributed by atoms with Gasteiger partial charge in [0.25, 0.3) is 0 Å². The second-order valence-electron chi connectivity index (χ2n) is 14.4. The van der Waals surface area contributed by atoms with Gasteiger partial charge < -0.3 is 9.67 Å². The SMILES string of the molecule is CCCc1nc(C(O)C(C)(C)C)c(C#N)n1Cc1ccc(-c2ccccc2-c2nnnn2C(c2ccccc2)(c2ccccc2)c2ccccc2)cc1. The Morgan fingerprint density at radius 3 is 1.75 bits per heavy atom. The highest BCUT2D eigenvalue weighted by Crippen LogP contribution is 2.43. The van der Waals surface area contributed by atoms with E-state index in [1.807, 2.05) is 60.4 Å². The average molecular weight is 698 g/mol. The molecule has 0 saturated carbocycles. The van der Waals surface area contributed by atoms with E-state index in [0.29, 0.717) is 30.2 Å². The Morgan fingerprint density at radius 2 is 1.25 bits per heavy atom. The average Bonchev–Trinajstić information content (AvgIpc) is 3.81. The molecule has 2 heterocycles. The number of benzene rings is 5. The van der Waals surface area contributed by atoms with Crippen LogP contribution in [0.25, 0.3) is 22.5 Å². The molecule has 0 saturated heterocycles. The van der Waals surface area contributed by atoms with Crippen molar-refractivity contribution in [1.29, 1.82) is 5.26 Å². The highest BCUT2D eigenvalue weighted by Gasteiger charge is 2.42. The van der Waals surface area contributed by atoms with Crippen LogP contribution in [0.2, 0.25) is 0 Å². The van der Waals surface area contributed by atoms with Crippen molar-refractivity contribution in [2.45, 2.75) is 58.7 Å². The smallest absolute Gasteiger partial charge is 0.184 e. The largest absolute Gasteiger partial charge is 0.386 e. The molecule has 7 aromatic rings. The van der Waals surface area contributed by atoms with Gasteiger partial charge in [0.05, 0.1) is 0 Å². The van der Waals surface area contributed by atoms with Crippen LogP contribution in [0.5, 0.6) is 0 Å². The number of tetrazole rings is 1. The summed E-state index contributed by atoms with van der Waals surface area (Å²) in [4.78, 5) is 4.80. The number of aliphatic hydroxyl groups excluding tert-OH is 1. The summed E-state index contributed by atoms with van der Waals surface area (Å²) in [6.07, 6.45) is 0.735. The minimum atomic E-state index is -0.877. The fourth-order valence-electron chi connectivity index (χ4n) is 7.21. The Balaban J connectivity index is 1.32. The van der Waals surface area contributed by atoms with E-state index in [4.69, 9.17) is 15.3 Å². The lowest BCUT2D eigenvalue weighted by Crippen LogP contribution is -2.39. The summed E-state index contributed by atoms with van der Waals surface area (Å²) in [7, 11) is 0. The second-order valence-corrected chi connectivity index (χ2v) is 14.4. The first kappa shape index (κ1) is 35.2. The number of rotatable bonds is 11. The first-order valence-electron chi connectivity index (χ1n) is 18.1. The lowest BCUT2D eigenvalue weighted by molar-refractivity contribution is 0.0588. The fraction of sp³-hybridized carbons (Fsp3) is 0.222. The molecule has 264 valence electrons. The first-order valence-corrected chi connectivity index (χ1v) is 18.1. The Kier molecular flexibility index (Phi) is 9.86. The molecule has 0 aliphatic heterocycles. The van der Waals surface area contributed by atoms with Crippen LogP contribution in [-0.4, -0.2) is 34.9 Å². The van der Waals surface area contributed by atoms with E-state index in [1.54, 1.807) is 0 Å². The summed E-state index contributed by atoms with van der Waals surface area (Å²) < 4.78 is 3.92. The molecular weight excluding hydrogens is 655 g/mol. The zero-order valence-corrected chi connectivity index (χ0v) is 30.6. The molecule has 0 bridgehead atoms. The highest BCUT2D eigenvalue weighted by atomic mass is 16.3. The summed E-state index contributed by atoms with van der Waals surface area (Å²) >= 11 is 0. The van der Waals surface area contributed by atoms with Crippen molar-refractivity contribution in [2.24, 2.45) is 5.41 Å². The van der Waals surface area contributed by atoms with Crippen molar-refractivity contribution in [2.75, 3.05) is 0 Å². The van der Waals surface area contributed by atoms with Gasteiger partial charge in [0.15, 0.2) is 5.82 Å². The second kappa shape index (κ2) is 14.8. The molecule has 0 amide bonds. The van der Waals surface area contributed by atoms with Crippen LogP contribution in [0, 0.1) is 16.7 Å². The summed E-state index contributed by atoms with van der Waals surface area (Å²) in [5.74, 6) is 1.44. The van der Waals surface area contributed by atoms with E-state index in [0.717, 1.165) is 51.2 Å². The molecule has 0 aliphatic rings. The zero-order valence-electron chi connectivity index (χ0n) is 30.6. The van der Waals surface area contributed by atoms with Gasteiger partial charge in [0, 0.05) is 18.5 Å². The number of nitriles is 1. The Morgan fingerprint density at radius 1 is 0.717 bits per heavy atom.